The number of aromatic hydroxyl groups is 1. The normalized spacial score (nSPS) is 9.71. The zero-order chi connectivity index (χ0) is 12.8. The number of terminal acetylenes is 1. The van der Waals surface area contributed by atoms with E-state index < -0.39 is 0 Å². The van der Waals surface area contributed by atoms with Crippen molar-refractivity contribution < 1.29 is 9.90 Å². The van der Waals surface area contributed by atoms with E-state index in [0.29, 0.717) is 12.1 Å². The van der Waals surface area contributed by atoms with Gasteiger partial charge >= 0.3 is 0 Å². The highest BCUT2D eigenvalue weighted by atomic mass is 16.3. The molecule has 1 aromatic carbocycles. The van der Waals surface area contributed by atoms with Crippen molar-refractivity contribution in [2.45, 2.75) is 20.3 Å². The SMILES string of the molecule is C#CCN(CCC)C(=O)c1ccc(C)cc1O. The predicted octanol–water partition coefficient (Wildman–Crippen LogP) is 2.19. The van der Waals surface area contributed by atoms with Crippen LogP contribution >= 0.6 is 0 Å². The van der Waals surface area contributed by atoms with Gasteiger partial charge in [-0.1, -0.05) is 18.9 Å². The van der Waals surface area contributed by atoms with Crippen LogP contribution in [0.25, 0.3) is 0 Å². The molecule has 17 heavy (non-hydrogen) atoms. The Balaban J connectivity index is 2.97. The number of amides is 1. The Bertz CT molecular complexity index is 446. The Morgan fingerprint density at radius 1 is 1.53 bits per heavy atom. The number of phenols is 1. The third-order valence-corrected chi connectivity index (χ3v) is 2.45. The molecule has 0 bridgehead atoms. The summed E-state index contributed by atoms with van der Waals surface area (Å²) in [6.07, 6.45) is 6.06. The van der Waals surface area contributed by atoms with Crippen LogP contribution in [0.4, 0.5) is 0 Å². The summed E-state index contributed by atoms with van der Waals surface area (Å²) in [5.41, 5.74) is 1.22. The van der Waals surface area contributed by atoms with Crippen LogP contribution in [0.5, 0.6) is 5.75 Å². The highest BCUT2D eigenvalue weighted by Crippen LogP contribution is 2.20. The van der Waals surface area contributed by atoms with Crippen LogP contribution in [0.15, 0.2) is 18.2 Å². The molecule has 0 saturated carbocycles. The number of carbonyl (C=O) groups is 1. The molecule has 0 spiro atoms. The molecule has 0 aromatic heterocycles. The predicted molar refractivity (Wildman–Crippen MR) is 67.9 cm³/mol. The van der Waals surface area contributed by atoms with Crippen molar-refractivity contribution in [3.63, 3.8) is 0 Å². The Labute approximate surface area is 102 Å². The molecule has 0 fully saturated rings. The smallest absolute Gasteiger partial charge is 0.258 e. The van der Waals surface area contributed by atoms with E-state index in [4.69, 9.17) is 6.42 Å². The van der Waals surface area contributed by atoms with Crippen LogP contribution in [-0.4, -0.2) is 29.0 Å². The number of phenolic OH excluding ortho intramolecular Hbond substituents is 1. The van der Waals surface area contributed by atoms with Crippen molar-refractivity contribution in [1.82, 2.24) is 4.90 Å². The van der Waals surface area contributed by atoms with Gasteiger partial charge in [0.15, 0.2) is 0 Å². The van der Waals surface area contributed by atoms with Crippen molar-refractivity contribution in [2.24, 2.45) is 0 Å². The second kappa shape index (κ2) is 5.95. The number of hydrogen-bond donors (Lipinski definition) is 1. The van der Waals surface area contributed by atoms with Crippen LogP contribution < -0.4 is 0 Å². The molecule has 90 valence electrons. The van der Waals surface area contributed by atoms with Gasteiger partial charge in [-0.25, -0.2) is 0 Å². The Morgan fingerprint density at radius 3 is 2.76 bits per heavy atom. The van der Waals surface area contributed by atoms with Crippen LogP contribution in [0.1, 0.15) is 29.3 Å². The summed E-state index contributed by atoms with van der Waals surface area (Å²) in [4.78, 5) is 13.7. The van der Waals surface area contributed by atoms with Gasteiger partial charge < -0.3 is 10.0 Å². The van der Waals surface area contributed by atoms with E-state index in [1.54, 1.807) is 23.1 Å². The third kappa shape index (κ3) is 3.25. The van der Waals surface area contributed by atoms with E-state index in [-0.39, 0.29) is 18.2 Å². The molecule has 1 N–H and O–H groups in total. The summed E-state index contributed by atoms with van der Waals surface area (Å²) in [6.45, 7) is 4.70. The average Bonchev–Trinajstić information content (AvgIpc) is 2.28. The van der Waals surface area contributed by atoms with Crippen LogP contribution in [0.2, 0.25) is 0 Å². The summed E-state index contributed by atoms with van der Waals surface area (Å²) in [5, 5.41) is 9.75. The number of nitrogens with zero attached hydrogens (tertiary/aromatic N) is 1. The van der Waals surface area contributed by atoms with Crippen LogP contribution in [0.3, 0.4) is 0 Å². The molecular formula is C14H17NO2. The lowest BCUT2D eigenvalue weighted by Gasteiger charge is -2.20. The monoisotopic (exact) mass is 231 g/mol. The molecule has 0 aliphatic heterocycles. The first-order valence-corrected chi connectivity index (χ1v) is 5.62. The zero-order valence-electron chi connectivity index (χ0n) is 10.2. The molecule has 1 rings (SSSR count). The van der Waals surface area contributed by atoms with Crippen molar-refractivity contribution in [1.29, 1.82) is 0 Å². The zero-order valence-corrected chi connectivity index (χ0v) is 10.2. The maximum atomic E-state index is 12.1. The summed E-state index contributed by atoms with van der Waals surface area (Å²) < 4.78 is 0. The number of carbonyl (C=O) groups excluding carboxylic acids is 1. The van der Waals surface area contributed by atoms with Gasteiger partial charge in [-0.15, -0.1) is 6.42 Å². The highest BCUT2D eigenvalue weighted by Gasteiger charge is 2.17. The summed E-state index contributed by atoms with van der Waals surface area (Å²) in [6, 6.07) is 5.01. The molecule has 0 atom stereocenters. The standard InChI is InChI=1S/C14H17NO2/c1-4-8-15(9-5-2)14(17)12-7-6-11(3)10-13(12)16/h1,6-7,10,16H,5,8-9H2,2-3H3. The first-order valence-electron chi connectivity index (χ1n) is 5.62. The molecule has 3 nitrogen and oxygen atoms in total. The Morgan fingerprint density at radius 2 is 2.24 bits per heavy atom. The number of hydrogen-bond acceptors (Lipinski definition) is 2. The summed E-state index contributed by atoms with van der Waals surface area (Å²) in [5.74, 6) is 2.25. The minimum Gasteiger partial charge on any atom is -0.507 e. The van der Waals surface area contributed by atoms with Gasteiger partial charge in [0.25, 0.3) is 5.91 Å². The molecule has 1 amide bonds. The third-order valence-electron chi connectivity index (χ3n) is 2.45. The first kappa shape index (κ1) is 13.1. The van der Waals surface area contributed by atoms with E-state index in [9.17, 15) is 9.90 Å². The Kier molecular flexibility index (Phi) is 4.59. The van der Waals surface area contributed by atoms with E-state index in [0.717, 1.165) is 12.0 Å². The lowest BCUT2D eigenvalue weighted by atomic mass is 10.1. The fourth-order valence-corrected chi connectivity index (χ4v) is 1.63. The van der Waals surface area contributed by atoms with Crippen molar-refractivity contribution >= 4 is 5.91 Å². The number of rotatable bonds is 4. The highest BCUT2D eigenvalue weighted by molar-refractivity contribution is 5.97. The summed E-state index contributed by atoms with van der Waals surface area (Å²) >= 11 is 0. The molecule has 0 saturated heterocycles. The van der Waals surface area contributed by atoms with Gasteiger partial charge in [0.05, 0.1) is 12.1 Å². The van der Waals surface area contributed by atoms with E-state index in [1.165, 1.54) is 0 Å². The first-order chi connectivity index (χ1) is 8.10. The lowest BCUT2D eigenvalue weighted by molar-refractivity contribution is 0.0774. The Hall–Kier alpha value is -1.95. The molecule has 0 heterocycles. The van der Waals surface area contributed by atoms with E-state index in [2.05, 4.69) is 5.92 Å². The maximum absolute atomic E-state index is 12.1. The molecule has 0 aliphatic carbocycles. The van der Waals surface area contributed by atoms with Crippen LogP contribution in [-0.2, 0) is 0 Å². The molecular weight excluding hydrogens is 214 g/mol. The van der Waals surface area contributed by atoms with Gasteiger partial charge in [-0.05, 0) is 31.0 Å². The number of benzene rings is 1. The van der Waals surface area contributed by atoms with Gasteiger partial charge in [0.1, 0.15) is 5.75 Å². The minimum atomic E-state index is -0.220. The van der Waals surface area contributed by atoms with E-state index in [1.807, 2.05) is 13.8 Å². The quantitative estimate of drug-likeness (QED) is 0.807. The molecule has 0 aliphatic rings. The molecule has 3 heteroatoms. The summed E-state index contributed by atoms with van der Waals surface area (Å²) in [7, 11) is 0. The second-order valence-electron chi connectivity index (χ2n) is 3.95. The second-order valence-corrected chi connectivity index (χ2v) is 3.95. The van der Waals surface area contributed by atoms with Crippen molar-refractivity contribution in [3.05, 3.63) is 29.3 Å². The van der Waals surface area contributed by atoms with E-state index >= 15 is 0 Å². The topological polar surface area (TPSA) is 40.5 Å². The van der Waals surface area contributed by atoms with Crippen LogP contribution in [0, 0.1) is 19.3 Å². The lowest BCUT2D eigenvalue weighted by Crippen LogP contribution is -2.32. The molecule has 0 radical (unpaired) electrons. The van der Waals surface area contributed by atoms with Gasteiger partial charge in [0, 0.05) is 6.54 Å². The largest absolute Gasteiger partial charge is 0.507 e. The van der Waals surface area contributed by atoms with Gasteiger partial charge in [-0.2, -0.15) is 0 Å². The minimum absolute atomic E-state index is 0.00752. The molecule has 1 aromatic rings. The fraction of sp³-hybridized carbons (Fsp3) is 0.357. The fourth-order valence-electron chi connectivity index (χ4n) is 1.63. The van der Waals surface area contributed by atoms with Gasteiger partial charge in [-0.3, -0.25) is 4.79 Å². The van der Waals surface area contributed by atoms with Crippen molar-refractivity contribution in [3.8, 4) is 18.1 Å². The van der Waals surface area contributed by atoms with Gasteiger partial charge in [0.2, 0.25) is 0 Å². The number of aryl methyl sites for hydroxylation is 1. The van der Waals surface area contributed by atoms with Crippen molar-refractivity contribution in [2.75, 3.05) is 13.1 Å². The molecule has 0 unspecified atom stereocenters. The average molecular weight is 231 g/mol. The maximum Gasteiger partial charge on any atom is 0.258 e.